The van der Waals surface area contributed by atoms with Gasteiger partial charge in [-0.3, -0.25) is 9.89 Å². The fourth-order valence-electron chi connectivity index (χ4n) is 2.81. The zero-order valence-electron chi connectivity index (χ0n) is 17.2. The minimum Gasteiger partial charge on any atom is -0.493 e. The summed E-state index contributed by atoms with van der Waals surface area (Å²) in [5, 5.41) is 11.2. The summed E-state index contributed by atoms with van der Waals surface area (Å²) in [6.07, 6.45) is 0. The highest BCUT2D eigenvalue weighted by Gasteiger charge is 2.12. The highest BCUT2D eigenvalue weighted by atomic mass is 16.5. The van der Waals surface area contributed by atoms with E-state index in [9.17, 15) is 4.79 Å². The Hall–Kier alpha value is -3.61. The minimum atomic E-state index is -0.368. The molecule has 0 fully saturated rings. The van der Waals surface area contributed by atoms with Crippen molar-refractivity contribution < 1.29 is 14.3 Å². The number of methoxy groups -OCH3 is 2. The van der Waals surface area contributed by atoms with Gasteiger partial charge in [-0.05, 0) is 62.2 Å². The number of hydrogen-bond acceptors (Lipinski definition) is 5. The van der Waals surface area contributed by atoms with Gasteiger partial charge < -0.3 is 9.47 Å². The summed E-state index contributed by atoms with van der Waals surface area (Å²) in [5.41, 5.74) is 8.37. The summed E-state index contributed by atoms with van der Waals surface area (Å²) < 4.78 is 10.5. The van der Waals surface area contributed by atoms with E-state index in [4.69, 9.17) is 9.47 Å². The molecule has 0 spiro atoms. The maximum atomic E-state index is 12.4. The molecule has 0 aliphatic carbocycles. The highest BCUT2D eigenvalue weighted by Crippen LogP contribution is 2.27. The van der Waals surface area contributed by atoms with Crippen LogP contribution in [0.1, 0.15) is 34.1 Å². The van der Waals surface area contributed by atoms with Crippen molar-refractivity contribution in [3.63, 3.8) is 0 Å². The van der Waals surface area contributed by atoms with Crippen molar-refractivity contribution in [1.29, 1.82) is 0 Å². The topological polar surface area (TPSA) is 88.6 Å². The predicted molar refractivity (Wildman–Crippen MR) is 113 cm³/mol. The van der Waals surface area contributed by atoms with Gasteiger partial charge in [-0.1, -0.05) is 12.1 Å². The first-order chi connectivity index (χ1) is 13.9. The van der Waals surface area contributed by atoms with Gasteiger partial charge in [-0.15, -0.1) is 0 Å². The fraction of sp³-hybridized carbons (Fsp3) is 0.227. The maximum Gasteiger partial charge on any atom is 0.289 e. The predicted octanol–water partition coefficient (Wildman–Crippen LogP) is 3.86. The third-order valence-electron chi connectivity index (χ3n) is 4.75. The van der Waals surface area contributed by atoms with Crippen molar-refractivity contribution in [2.75, 3.05) is 14.2 Å². The lowest BCUT2D eigenvalue weighted by Gasteiger charge is -2.09. The van der Waals surface area contributed by atoms with E-state index in [0.29, 0.717) is 28.6 Å². The second-order valence-electron chi connectivity index (χ2n) is 6.67. The van der Waals surface area contributed by atoms with E-state index in [1.54, 1.807) is 39.3 Å². The Morgan fingerprint density at radius 1 is 1.00 bits per heavy atom. The minimum absolute atomic E-state index is 0.335. The Kier molecular flexibility index (Phi) is 5.97. The average molecular weight is 392 g/mol. The van der Waals surface area contributed by atoms with Gasteiger partial charge in [0.15, 0.2) is 11.5 Å². The standard InChI is InChI=1S/C22H24N4O3/c1-13-6-7-17(10-14(13)2)18-12-19(25-24-18)22(27)26-23-15(3)16-8-9-20(28-4)21(11-16)29-5/h6-12H,1-5H3,(H,24,25)(H,26,27)/b23-15-. The number of nitrogens with one attached hydrogen (secondary N) is 2. The summed E-state index contributed by atoms with van der Waals surface area (Å²) in [4.78, 5) is 12.4. The number of aryl methyl sites for hydroxylation is 2. The zero-order chi connectivity index (χ0) is 21.0. The zero-order valence-corrected chi connectivity index (χ0v) is 17.2. The molecule has 3 aromatic rings. The van der Waals surface area contributed by atoms with Crippen LogP contribution in [0.4, 0.5) is 0 Å². The maximum absolute atomic E-state index is 12.4. The van der Waals surface area contributed by atoms with Gasteiger partial charge in [0.2, 0.25) is 0 Å². The largest absolute Gasteiger partial charge is 0.493 e. The molecular formula is C22H24N4O3. The number of rotatable bonds is 6. The van der Waals surface area contributed by atoms with E-state index in [2.05, 4.69) is 27.6 Å². The number of hydrazone groups is 1. The SMILES string of the molecule is COc1ccc(/C(C)=N\NC(=O)c2cc(-c3ccc(C)c(C)c3)n[nH]2)cc1OC. The monoisotopic (exact) mass is 392 g/mol. The van der Waals surface area contributed by atoms with Crippen molar-refractivity contribution in [3.05, 3.63) is 64.8 Å². The Bertz CT molecular complexity index is 1070. The highest BCUT2D eigenvalue weighted by molar-refractivity contribution is 6.01. The first-order valence-corrected chi connectivity index (χ1v) is 9.13. The number of aromatic nitrogens is 2. The number of carbonyl (C=O) groups is 1. The summed E-state index contributed by atoms with van der Waals surface area (Å²) in [7, 11) is 3.15. The van der Waals surface area contributed by atoms with Crippen molar-refractivity contribution in [2.45, 2.75) is 20.8 Å². The van der Waals surface area contributed by atoms with Crippen LogP contribution < -0.4 is 14.9 Å². The molecule has 0 aliphatic heterocycles. The molecule has 0 atom stereocenters. The van der Waals surface area contributed by atoms with E-state index in [1.165, 1.54) is 11.1 Å². The number of ether oxygens (including phenoxy) is 2. The van der Waals surface area contributed by atoms with Gasteiger partial charge in [0.05, 0.1) is 25.6 Å². The number of nitrogens with zero attached hydrogens (tertiary/aromatic N) is 2. The third kappa shape index (κ3) is 4.45. The molecule has 0 bridgehead atoms. The lowest BCUT2D eigenvalue weighted by molar-refractivity contribution is 0.0950. The quantitative estimate of drug-likeness (QED) is 0.492. The smallest absolute Gasteiger partial charge is 0.289 e. The number of amides is 1. The van der Waals surface area contributed by atoms with Crippen LogP contribution in [0.5, 0.6) is 11.5 Å². The summed E-state index contributed by atoms with van der Waals surface area (Å²) in [5.74, 6) is 0.856. The van der Waals surface area contributed by atoms with Gasteiger partial charge in [-0.25, -0.2) is 5.43 Å². The van der Waals surface area contributed by atoms with Crippen LogP contribution >= 0.6 is 0 Å². The molecule has 1 aromatic heterocycles. The molecule has 0 saturated heterocycles. The van der Waals surface area contributed by atoms with Gasteiger partial charge in [-0.2, -0.15) is 10.2 Å². The Labute approximate surface area is 169 Å². The number of benzene rings is 2. The summed E-state index contributed by atoms with van der Waals surface area (Å²) in [6.45, 7) is 5.90. The molecule has 1 heterocycles. The van der Waals surface area contributed by atoms with Gasteiger partial charge in [0.25, 0.3) is 5.91 Å². The van der Waals surface area contributed by atoms with E-state index in [-0.39, 0.29) is 5.91 Å². The molecule has 0 saturated carbocycles. The first kappa shape index (κ1) is 20.1. The average Bonchev–Trinajstić information content (AvgIpc) is 3.23. The molecule has 150 valence electrons. The molecule has 2 N–H and O–H groups in total. The normalized spacial score (nSPS) is 11.3. The van der Waals surface area contributed by atoms with Crippen LogP contribution in [0.3, 0.4) is 0 Å². The van der Waals surface area contributed by atoms with Crippen LogP contribution in [-0.4, -0.2) is 36.0 Å². The number of carbonyl (C=O) groups excluding carboxylic acids is 1. The Morgan fingerprint density at radius 3 is 2.45 bits per heavy atom. The van der Waals surface area contributed by atoms with E-state index >= 15 is 0 Å². The second-order valence-corrected chi connectivity index (χ2v) is 6.67. The molecule has 0 unspecified atom stereocenters. The molecule has 7 nitrogen and oxygen atoms in total. The van der Waals surface area contributed by atoms with E-state index in [0.717, 1.165) is 11.1 Å². The summed E-state index contributed by atoms with van der Waals surface area (Å²) >= 11 is 0. The summed E-state index contributed by atoms with van der Waals surface area (Å²) in [6, 6.07) is 13.2. The van der Waals surface area contributed by atoms with Crippen LogP contribution in [-0.2, 0) is 0 Å². The van der Waals surface area contributed by atoms with Crippen molar-refractivity contribution >= 4 is 11.6 Å². The van der Waals surface area contributed by atoms with Gasteiger partial charge >= 0.3 is 0 Å². The van der Waals surface area contributed by atoms with Crippen LogP contribution in [0.15, 0.2) is 47.6 Å². The van der Waals surface area contributed by atoms with Crippen LogP contribution in [0.25, 0.3) is 11.3 Å². The van der Waals surface area contributed by atoms with Crippen LogP contribution in [0, 0.1) is 13.8 Å². The van der Waals surface area contributed by atoms with E-state index in [1.807, 2.05) is 31.2 Å². The number of aromatic amines is 1. The molecule has 7 heteroatoms. The molecular weight excluding hydrogens is 368 g/mol. The Balaban J connectivity index is 1.73. The third-order valence-corrected chi connectivity index (χ3v) is 4.75. The van der Waals surface area contributed by atoms with Crippen molar-refractivity contribution in [2.24, 2.45) is 5.10 Å². The molecule has 29 heavy (non-hydrogen) atoms. The lowest BCUT2D eigenvalue weighted by atomic mass is 10.0. The fourth-order valence-corrected chi connectivity index (χ4v) is 2.81. The molecule has 0 aliphatic rings. The lowest BCUT2D eigenvalue weighted by Crippen LogP contribution is -2.19. The second kappa shape index (κ2) is 8.60. The molecule has 1 amide bonds. The van der Waals surface area contributed by atoms with Crippen LogP contribution in [0.2, 0.25) is 0 Å². The molecule has 0 radical (unpaired) electrons. The Morgan fingerprint density at radius 2 is 1.76 bits per heavy atom. The van der Waals surface area contributed by atoms with Gasteiger partial charge in [0.1, 0.15) is 5.69 Å². The first-order valence-electron chi connectivity index (χ1n) is 9.13. The van der Waals surface area contributed by atoms with E-state index < -0.39 is 0 Å². The molecule has 2 aromatic carbocycles. The van der Waals surface area contributed by atoms with Gasteiger partial charge in [0, 0.05) is 11.1 Å². The number of H-pyrrole nitrogens is 1. The number of hydrogen-bond donors (Lipinski definition) is 2. The van der Waals surface area contributed by atoms with Crippen molar-refractivity contribution in [1.82, 2.24) is 15.6 Å². The molecule has 3 rings (SSSR count). The van der Waals surface area contributed by atoms with Crippen molar-refractivity contribution in [3.8, 4) is 22.8 Å².